The fraction of sp³-hybridized carbons (Fsp3) is 0.471. The van der Waals surface area contributed by atoms with Crippen LogP contribution in [-0.2, 0) is 13.1 Å². The molecule has 0 unspecified atom stereocenters. The van der Waals surface area contributed by atoms with Crippen molar-refractivity contribution in [2.45, 2.75) is 39.5 Å². The van der Waals surface area contributed by atoms with Crippen molar-refractivity contribution in [2.24, 2.45) is 0 Å². The van der Waals surface area contributed by atoms with Gasteiger partial charge in [0.2, 0.25) is 0 Å². The molecule has 0 radical (unpaired) electrons. The first kappa shape index (κ1) is 15.4. The molecule has 1 saturated heterocycles. The Labute approximate surface area is 136 Å². The summed E-state index contributed by atoms with van der Waals surface area (Å²) in [6.45, 7) is 8.12. The van der Waals surface area contributed by atoms with Crippen molar-refractivity contribution in [3.8, 4) is 5.75 Å². The maximum absolute atomic E-state index is 6.12. The average molecular weight is 320 g/mol. The smallest absolute Gasteiger partial charge is 0.138 e. The molecule has 4 nitrogen and oxygen atoms in total. The number of aromatic nitrogens is 2. The molecule has 2 aromatic rings. The number of hydrogen-bond acceptors (Lipinski definition) is 3. The van der Waals surface area contributed by atoms with Crippen molar-refractivity contribution in [3.05, 3.63) is 46.7 Å². The quantitative estimate of drug-likeness (QED) is 0.816. The van der Waals surface area contributed by atoms with E-state index in [1.807, 2.05) is 30.5 Å². The predicted octanol–water partition coefficient (Wildman–Crippen LogP) is 3.52. The van der Waals surface area contributed by atoms with Gasteiger partial charge in [-0.1, -0.05) is 30.7 Å². The molecule has 0 aliphatic carbocycles. The number of nitrogens with zero attached hydrogens (tertiary/aromatic N) is 3. The highest BCUT2D eigenvalue weighted by atomic mass is 35.5. The molecular formula is C17H22ClN3O. The molecule has 3 rings (SSSR count). The molecule has 1 fully saturated rings. The Balaban J connectivity index is 1.51. The molecule has 0 saturated carbocycles. The van der Waals surface area contributed by atoms with Gasteiger partial charge in [0.1, 0.15) is 11.9 Å². The van der Waals surface area contributed by atoms with Gasteiger partial charge >= 0.3 is 0 Å². The number of aryl methyl sites for hydroxylation is 1. The number of ether oxygens (including phenoxy) is 1. The molecule has 1 aliphatic heterocycles. The van der Waals surface area contributed by atoms with Crippen LogP contribution in [0, 0.1) is 6.92 Å². The standard InChI is InChI=1S/C17H22ClN3O/c1-3-8-21-13(2)14(9-19-21)10-20-11-15(12-20)22-17-7-5-4-6-16(17)18/h4-7,9,15H,3,8,10-12H2,1-2H3. The van der Waals surface area contributed by atoms with E-state index in [1.54, 1.807) is 0 Å². The molecule has 2 heterocycles. The van der Waals surface area contributed by atoms with Crippen LogP contribution < -0.4 is 4.74 Å². The lowest BCUT2D eigenvalue weighted by atomic mass is 10.1. The molecule has 118 valence electrons. The normalized spacial score (nSPS) is 15.8. The minimum absolute atomic E-state index is 0.228. The third-order valence-electron chi connectivity index (χ3n) is 4.09. The van der Waals surface area contributed by atoms with Crippen molar-refractivity contribution >= 4 is 11.6 Å². The first-order valence-corrected chi connectivity index (χ1v) is 8.20. The Morgan fingerprint density at radius 1 is 1.32 bits per heavy atom. The van der Waals surface area contributed by atoms with Crippen molar-refractivity contribution in [2.75, 3.05) is 13.1 Å². The lowest BCUT2D eigenvalue weighted by molar-refractivity contribution is 0.0145. The highest BCUT2D eigenvalue weighted by molar-refractivity contribution is 6.32. The van der Waals surface area contributed by atoms with E-state index in [0.29, 0.717) is 5.02 Å². The summed E-state index contributed by atoms with van der Waals surface area (Å²) < 4.78 is 8.02. The first-order valence-electron chi connectivity index (χ1n) is 7.82. The van der Waals surface area contributed by atoms with Gasteiger partial charge in [0.15, 0.2) is 0 Å². The molecule has 1 aromatic heterocycles. The van der Waals surface area contributed by atoms with E-state index >= 15 is 0 Å². The predicted molar refractivity (Wildman–Crippen MR) is 88.4 cm³/mol. The van der Waals surface area contributed by atoms with E-state index in [4.69, 9.17) is 16.3 Å². The zero-order valence-corrected chi connectivity index (χ0v) is 13.9. The first-order chi connectivity index (χ1) is 10.7. The Morgan fingerprint density at radius 2 is 2.09 bits per heavy atom. The van der Waals surface area contributed by atoms with Crippen LogP contribution >= 0.6 is 11.6 Å². The summed E-state index contributed by atoms with van der Waals surface area (Å²) in [6.07, 6.45) is 3.33. The highest BCUT2D eigenvalue weighted by Gasteiger charge is 2.29. The van der Waals surface area contributed by atoms with E-state index < -0.39 is 0 Å². The summed E-state index contributed by atoms with van der Waals surface area (Å²) in [7, 11) is 0. The van der Waals surface area contributed by atoms with Crippen LogP contribution in [0.4, 0.5) is 0 Å². The van der Waals surface area contributed by atoms with Gasteiger partial charge in [0.05, 0.1) is 11.2 Å². The highest BCUT2D eigenvalue weighted by Crippen LogP contribution is 2.27. The van der Waals surface area contributed by atoms with Crippen molar-refractivity contribution < 1.29 is 4.74 Å². The van der Waals surface area contributed by atoms with Gasteiger partial charge in [-0.15, -0.1) is 0 Å². The molecule has 1 aromatic carbocycles. The Bertz CT molecular complexity index is 635. The lowest BCUT2D eigenvalue weighted by Crippen LogP contribution is -2.53. The second kappa shape index (κ2) is 6.71. The number of rotatable bonds is 6. The van der Waals surface area contributed by atoms with Crippen LogP contribution in [0.25, 0.3) is 0 Å². The second-order valence-corrected chi connectivity index (χ2v) is 6.25. The lowest BCUT2D eigenvalue weighted by Gasteiger charge is -2.39. The maximum atomic E-state index is 6.12. The third kappa shape index (κ3) is 3.28. The number of halogens is 1. The molecule has 0 atom stereocenters. The van der Waals surface area contributed by atoms with Gasteiger partial charge in [0, 0.05) is 37.4 Å². The Kier molecular flexibility index (Phi) is 4.69. The summed E-state index contributed by atoms with van der Waals surface area (Å²) in [5.41, 5.74) is 2.59. The molecule has 1 aliphatic rings. The van der Waals surface area contributed by atoms with Crippen LogP contribution in [0.3, 0.4) is 0 Å². The van der Waals surface area contributed by atoms with Crippen LogP contribution in [0.15, 0.2) is 30.5 Å². The molecule has 22 heavy (non-hydrogen) atoms. The summed E-state index contributed by atoms with van der Waals surface area (Å²) in [4.78, 5) is 2.38. The van der Waals surface area contributed by atoms with Crippen LogP contribution in [0.1, 0.15) is 24.6 Å². The topological polar surface area (TPSA) is 30.3 Å². The van der Waals surface area contributed by atoms with Crippen LogP contribution in [0.5, 0.6) is 5.75 Å². The Hall–Kier alpha value is -1.52. The minimum atomic E-state index is 0.228. The summed E-state index contributed by atoms with van der Waals surface area (Å²) >= 11 is 6.12. The number of likely N-dealkylation sites (tertiary alicyclic amines) is 1. The van der Waals surface area contributed by atoms with Crippen molar-refractivity contribution in [3.63, 3.8) is 0 Å². The van der Waals surface area contributed by atoms with E-state index in [9.17, 15) is 0 Å². The monoisotopic (exact) mass is 319 g/mol. The van der Waals surface area contributed by atoms with Gasteiger partial charge in [-0.2, -0.15) is 5.10 Å². The zero-order chi connectivity index (χ0) is 15.5. The van der Waals surface area contributed by atoms with E-state index in [-0.39, 0.29) is 6.10 Å². The third-order valence-corrected chi connectivity index (χ3v) is 4.40. The van der Waals surface area contributed by atoms with E-state index in [1.165, 1.54) is 11.3 Å². The summed E-state index contributed by atoms with van der Waals surface area (Å²) in [6, 6.07) is 7.64. The fourth-order valence-electron chi connectivity index (χ4n) is 2.76. The van der Waals surface area contributed by atoms with E-state index in [0.717, 1.165) is 38.3 Å². The van der Waals surface area contributed by atoms with Gasteiger partial charge in [-0.3, -0.25) is 9.58 Å². The number of hydrogen-bond donors (Lipinski definition) is 0. The van der Waals surface area contributed by atoms with Gasteiger partial charge < -0.3 is 4.74 Å². The SMILES string of the molecule is CCCn1ncc(CN2CC(Oc3ccccc3Cl)C2)c1C. The van der Waals surface area contributed by atoms with Gasteiger partial charge in [-0.05, 0) is 25.5 Å². The summed E-state index contributed by atoms with van der Waals surface area (Å²) in [5.74, 6) is 0.778. The van der Waals surface area contributed by atoms with Crippen molar-refractivity contribution in [1.29, 1.82) is 0 Å². The number of para-hydroxylation sites is 1. The molecular weight excluding hydrogens is 298 g/mol. The van der Waals surface area contributed by atoms with E-state index in [2.05, 4.69) is 28.5 Å². The molecule has 5 heteroatoms. The Morgan fingerprint density at radius 3 is 2.82 bits per heavy atom. The zero-order valence-electron chi connectivity index (χ0n) is 13.1. The molecule has 0 bridgehead atoms. The molecule has 0 N–H and O–H groups in total. The minimum Gasteiger partial charge on any atom is -0.486 e. The summed E-state index contributed by atoms with van der Waals surface area (Å²) in [5, 5.41) is 5.13. The van der Waals surface area contributed by atoms with Crippen LogP contribution in [0.2, 0.25) is 5.02 Å². The van der Waals surface area contributed by atoms with Gasteiger partial charge in [-0.25, -0.2) is 0 Å². The molecule has 0 spiro atoms. The largest absolute Gasteiger partial charge is 0.486 e. The maximum Gasteiger partial charge on any atom is 0.138 e. The average Bonchev–Trinajstić information content (AvgIpc) is 2.80. The van der Waals surface area contributed by atoms with Crippen LogP contribution in [-0.4, -0.2) is 33.9 Å². The number of benzene rings is 1. The second-order valence-electron chi connectivity index (χ2n) is 5.84. The van der Waals surface area contributed by atoms with Crippen molar-refractivity contribution in [1.82, 2.24) is 14.7 Å². The van der Waals surface area contributed by atoms with Gasteiger partial charge in [0.25, 0.3) is 0 Å². The fourth-order valence-corrected chi connectivity index (χ4v) is 2.94. The molecule has 0 amide bonds.